The van der Waals surface area contributed by atoms with E-state index in [-0.39, 0.29) is 5.82 Å². The average Bonchev–Trinajstić information content (AvgIpc) is 2.89. The highest BCUT2D eigenvalue weighted by Gasteiger charge is 2.28. The van der Waals surface area contributed by atoms with E-state index in [2.05, 4.69) is 18.7 Å². The molecule has 0 spiro atoms. The number of anilines is 1. The highest BCUT2D eigenvalue weighted by molar-refractivity contribution is 5.85. The first-order valence-corrected chi connectivity index (χ1v) is 6.93. The maximum Gasteiger partial charge on any atom is 0.152 e. The van der Waals surface area contributed by atoms with Crippen molar-refractivity contribution in [1.82, 2.24) is 4.90 Å². The van der Waals surface area contributed by atoms with Gasteiger partial charge in [0.1, 0.15) is 5.82 Å². The number of rotatable bonds is 5. The summed E-state index contributed by atoms with van der Waals surface area (Å²) in [6, 6.07) is 5.14. The Morgan fingerprint density at radius 1 is 1.42 bits per heavy atom. The van der Waals surface area contributed by atoms with Crippen molar-refractivity contribution in [1.29, 1.82) is 0 Å². The molecule has 19 heavy (non-hydrogen) atoms. The Hall–Kier alpha value is -1.42. The van der Waals surface area contributed by atoms with Crippen LogP contribution in [0.5, 0.6) is 0 Å². The molecule has 104 valence electrons. The molecule has 0 N–H and O–H groups in total. The Morgan fingerprint density at radius 3 is 2.79 bits per heavy atom. The van der Waals surface area contributed by atoms with Crippen molar-refractivity contribution in [2.24, 2.45) is 0 Å². The summed E-state index contributed by atoms with van der Waals surface area (Å²) in [5.41, 5.74) is 0.910. The first kappa shape index (κ1) is 14.0. The monoisotopic (exact) mass is 264 g/mol. The summed E-state index contributed by atoms with van der Waals surface area (Å²) in [6.07, 6.45) is 1.76. The second-order valence-corrected chi connectivity index (χ2v) is 4.91. The van der Waals surface area contributed by atoms with E-state index in [1.165, 1.54) is 6.07 Å². The number of nitrogens with zero attached hydrogens (tertiary/aromatic N) is 2. The molecular formula is C15H21FN2O. The number of halogens is 1. The van der Waals surface area contributed by atoms with Crippen molar-refractivity contribution in [2.75, 3.05) is 31.1 Å². The maximum absolute atomic E-state index is 14.0. The second kappa shape index (κ2) is 6.15. The standard InChI is InChI=1S/C15H21FN2O/c1-3-17(4-2)13-8-9-18(10-13)15-12(11-19)6-5-7-14(15)16/h5-7,11,13H,3-4,8-10H2,1-2H3. The number of hydrogen-bond donors (Lipinski definition) is 0. The lowest BCUT2D eigenvalue weighted by Gasteiger charge is -2.27. The normalized spacial score (nSPS) is 19.2. The molecule has 0 radical (unpaired) electrons. The summed E-state index contributed by atoms with van der Waals surface area (Å²) in [5.74, 6) is -0.301. The van der Waals surface area contributed by atoms with Crippen LogP contribution in [0.25, 0.3) is 0 Å². The van der Waals surface area contributed by atoms with Gasteiger partial charge in [-0.3, -0.25) is 9.69 Å². The van der Waals surface area contributed by atoms with Crippen LogP contribution in [-0.4, -0.2) is 43.4 Å². The lowest BCUT2D eigenvalue weighted by Crippen LogP contribution is -2.37. The van der Waals surface area contributed by atoms with E-state index in [1.54, 1.807) is 12.1 Å². The van der Waals surface area contributed by atoms with Gasteiger partial charge in [0.25, 0.3) is 0 Å². The predicted octanol–water partition coefficient (Wildman–Crippen LogP) is 2.56. The van der Waals surface area contributed by atoms with Crippen LogP contribution < -0.4 is 4.90 Å². The molecule has 0 aromatic heterocycles. The summed E-state index contributed by atoms with van der Waals surface area (Å²) in [6.45, 7) is 7.91. The van der Waals surface area contributed by atoms with Crippen LogP contribution in [-0.2, 0) is 0 Å². The molecule has 1 aromatic rings. The van der Waals surface area contributed by atoms with E-state index in [9.17, 15) is 9.18 Å². The van der Waals surface area contributed by atoms with Gasteiger partial charge in [0.15, 0.2) is 6.29 Å². The molecule has 0 aliphatic carbocycles. The van der Waals surface area contributed by atoms with Crippen molar-refractivity contribution in [3.8, 4) is 0 Å². The van der Waals surface area contributed by atoms with Gasteiger partial charge < -0.3 is 4.90 Å². The quantitative estimate of drug-likeness (QED) is 0.764. The van der Waals surface area contributed by atoms with Gasteiger partial charge in [-0.2, -0.15) is 0 Å². The lowest BCUT2D eigenvalue weighted by molar-refractivity contribution is 0.112. The summed E-state index contributed by atoms with van der Waals surface area (Å²) >= 11 is 0. The molecule has 4 heteroatoms. The third-order valence-corrected chi connectivity index (χ3v) is 3.95. The molecule has 1 saturated heterocycles. The first-order chi connectivity index (χ1) is 9.21. The molecule has 2 rings (SSSR count). The third-order valence-electron chi connectivity index (χ3n) is 3.95. The van der Waals surface area contributed by atoms with Crippen molar-refractivity contribution < 1.29 is 9.18 Å². The Balaban J connectivity index is 2.19. The molecule has 1 unspecified atom stereocenters. The van der Waals surface area contributed by atoms with Crippen LogP contribution >= 0.6 is 0 Å². The number of hydrogen-bond acceptors (Lipinski definition) is 3. The Morgan fingerprint density at radius 2 is 2.16 bits per heavy atom. The Bertz CT molecular complexity index is 446. The maximum atomic E-state index is 14.0. The lowest BCUT2D eigenvalue weighted by atomic mass is 10.1. The number of aldehydes is 1. The van der Waals surface area contributed by atoms with Crippen LogP contribution in [0, 0.1) is 5.82 Å². The Kier molecular flexibility index (Phi) is 4.53. The molecule has 1 aliphatic rings. The second-order valence-electron chi connectivity index (χ2n) is 4.91. The Labute approximate surface area is 114 Å². The van der Waals surface area contributed by atoms with E-state index < -0.39 is 0 Å². The summed E-state index contributed by atoms with van der Waals surface area (Å²) in [5, 5.41) is 0. The molecule has 0 bridgehead atoms. The van der Waals surface area contributed by atoms with Gasteiger partial charge in [-0.25, -0.2) is 4.39 Å². The fourth-order valence-electron chi connectivity index (χ4n) is 2.94. The van der Waals surface area contributed by atoms with Crippen molar-refractivity contribution >= 4 is 12.0 Å². The predicted molar refractivity (Wildman–Crippen MR) is 75.3 cm³/mol. The van der Waals surface area contributed by atoms with Gasteiger partial charge in [0.05, 0.1) is 5.69 Å². The van der Waals surface area contributed by atoms with Gasteiger partial charge in [-0.1, -0.05) is 19.9 Å². The van der Waals surface area contributed by atoms with Gasteiger partial charge in [-0.05, 0) is 31.6 Å². The SMILES string of the molecule is CCN(CC)C1CCN(c2c(F)cccc2C=O)C1. The van der Waals surface area contributed by atoms with Crippen LogP contribution in [0.2, 0.25) is 0 Å². The van der Waals surface area contributed by atoms with Crippen molar-refractivity contribution in [3.05, 3.63) is 29.6 Å². The van der Waals surface area contributed by atoms with E-state index >= 15 is 0 Å². The number of benzene rings is 1. The average molecular weight is 264 g/mol. The molecule has 1 fully saturated rings. The first-order valence-electron chi connectivity index (χ1n) is 6.93. The topological polar surface area (TPSA) is 23.6 Å². The minimum atomic E-state index is -0.301. The van der Waals surface area contributed by atoms with E-state index in [4.69, 9.17) is 0 Å². The van der Waals surface area contributed by atoms with Crippen molar-refractivity contribution in [3.63, 3.8) is 0 Å². The van der Waals surface area contributed by atoms with Crippen LogP contribution in [0.1, 0.15) is 30.6 Å². The zero-order chi connectivity index (χ0) is 13.8. The highest BCUT2D eigenvalue weighted by Crippen LogP contribution is 2.28. The number of likely N-dealkylation sites (N-methyl/N-ethyl adjacent to an activating group) is 1. The van der Waals surface area contributed by atoms with E-state index in [1.807, 2.05) is 4.90 Å². The van der Waals surface area contributed by atoms with Crippen LogP contribution in [0.15, 0.2) is 18.2 Å². The van der Waals surface area contributed by atoms with Gasteiger partial charge in [-0.15, -0.1) is 0 Å². The molecule has 0 amide bonds. The van der Waals surface area contributed by atoms with E-state index in [0.717, 1.165) is 38.9 Å². The number of carbonyl (C=O) groups excluding carboxylic acids is 1. The molecular weight excluding hydrogens is 243 g/mol. The zero-order valence-electron chi connectivity index (χ0n) is 11.6. The molecule has 0 saturated carbocycles. The number of para-hydroxylation sites is 1. The third kappa shape index (κ3) is 2.78. The largest absolute Gasteiger partial charge is 0.367 e. The fourth-order valence-corrected chi connectivity index (χ4v) is 2.94. The summed E-state index contributed by atoms with van der Waals surface area (Å²) in [4.78, 5) is 15.5. The van der Waals surface area contributed by atoms with Crippen LogP contribution in [0.3, 0.4) is 0 Å². The van der Waals surface area contributed by atoms with Crippen LogP contribution in [0.4, 0.5) is 10.1 Å². The van der Waals surface area contributed by atoms with Crippen molar-refractivity contribution in [2.45, 2.75) is 26.3 Å². The fraction of sp³-hybridized carbons (Fsp3) is 0.533. The van der Waals surface area contributed by atoms with Gasteiger partial charge in [0.2, 0.25) is 0 Å². The minimum absolute atomic E-state index is 0.301. The molecule has 1 heterocycles. The van der Waals surface area contributed by atoms with E-state index in [0.29, 0.717) is 17.3 Å². The van der Waals surface area contributed by atoms with Gasteiger partial charge in [0, 0.05) is 24.7 Å². The van der Waals surface area contributed by atoms with Gasteiger partial charge >= 0.3 is 0 Å². The zero-order valence-corrected chi connectivity index (χ0v) is 11.6. The molecule has 1 aliphatic heterocycles. The number of carbonyl (C=O) groups is 1. The highest BCUT2D eigenvalue weighted by atomic mass is 19.1. The minimum Gasteiger partial charge on any atom is -0.367 e. The molecule has 1 aromatic carbocycles. The summed E-state index contributed by atoms with van der Waals surface area (Å²) < 4.78 is 14.0. The summed E-state index contributed by atoms with van der Waals surface area (Å²) in [7, 11) is 0. The smallest absolute Gasteiger partial charge is 0.152 e. The molecule has 1 atom stereocenters. The molecule has 3 nitrogen and oxygen atoms in total.